The number of carbonyl (C=O) groups is 2. The maximum atomic E-state index is 12.1. The maximum Gasteiger partial charge on any atom is 0.305 e. The van der Waals surface area contributed by atoms with Gasteiger partial charge in [-0.15, -0.1) is 0 Å². The van der Waals surface area contributed by atoms with E-state index in [1.54, 1.807) is 12.1 Å². The van der Waals surface area contributed by atoms with Crippen LogP contribution in [-0.4, -0.2) is 25.5 Å². The van der Waals surface area contributed by atoms with Crippen molar-refractivity contribution >= 4 is 11.8 Å². The Bertz CT molecular complexity index is 451. The fraction of sp³-hybridized carbons (Fsp3) is 0.467. The van der Waals surface area contributed by atoms with Crippen LogP contribution in [0, 0.1) is 0 Å². The van der Waals surface area contributed by atoms with Crippen molar-refractivity contribution in [2.45, 2.75) is 33.1 Å². The van der Waals surface area contributed by atoms with Gasteiger partial charge in [-0.1, -0.05) is 6.92 Å². The van der Waals surface area contributed by atoms with E-state index < -0.39 is 0 Å². The summed E-state index contributed by atoms with van der Waals surface area (Å²) in [6.07, 6.45) is 1.04. The summed E-state index contributed by atoms with van der Waals surface area (Å²) in [5.74, 6) is 0.367. The van der Waals surface area contributed by atoms with E-state index >= 15 is 0 Å². The number of esters is 1. The number of benzene rings is 1. The first-order chi connectivity index (χ1) is 9.12. The van der Waals surface area contributed by atoms with Crippen LogP contribution in [0.4, 0.5) is 0 Å². The molecule has 1 aromatic carbocycles. The number of aryl methyl sites for hydroxylation is 1. The van der Waals surface area contributed by atoms with Crippen molar-refractivity contribution in [1.82, 2.24) is 0 Å². The molecule has 19 heavy (non-hydrogen) atoms. The molecule has 4 heteroatoms. The number of hydrogen-bond acceptors (Lipinski definition) is 4. The second-order valence-electron chi connectivity index (χ2n) is 4.10. The van der Waals surface area contributed by atoms with Gasteiger partial charge >= 0.3 is 5.97 Å². The Morgan fingerprint density at radius 2 is 1.89 bits per heavy atom. The van der Waals surface area contributed by atoms with E-state index in [0.717, 1.165) is 17.7 Å². The lowest BCUT2D eigenvalue weighted by atomic mass is 9.98. The van der Waals surface area contributed by atoms with Crippen molar-refractivity contribution in [3.8, 4) is 5.75 Å². The molecule has 0 bridgehead atoms. The zero-order chi connectivity index (χ0) is 14.3. The number of Topliss-reactive ketones (excluding diaryl/α,β-unsaturated/α-hetero) is 1. The van der Waals surface area contributed by atoms with Crippen molar-refractivity contribution in [2.75, 3.05) is 13.7 Å². The molecule has 0 aliphatic carbocycles. The van der Waals surface area contributed by atoms with Crippen LogP contribution in [0.1, 0.15) is 42.6 Å². The highest BCUT2D eigenvalue weighted by Gasteiger charge is 2.13. The Labute approximate surface area is 113 Å². The third kappa shape index (κ3) is 4.39. The lowest BCUT2D eigenvalue weighted by molar-refractivity contribution is -0.140. The Morgan fingerprint density at radius 1 is 1.16 bits per heavy atom. The quantitative estimate of drug-likeness (QED) is 0.561. The Kier molecular flexibility index (Phi) is 6.06. The van der Waals surface area contributed by atoms with E-state index in [1.807, 2.05) is 19.9 Å². The highest BCUT2D eigenvalue weighted by atomic mass is 16.5. The zero-order valence-electron chi connectivity index (χ0n) is 11.7. The fourth-order valence-corrected chi connectivity index (χ4v) is 1.84. The van der Waals surface area contributed by atoms with Gasteiger partial charge in [0, 0.05) is 12.0 Å². The number of ketones is 1. The van der Waals surface area contributed by atoms with Gasteiger partial charge < -0.3 is 9.47 Å². The van der Waals surface area contributed by atoms with Crippen LogP contribution in [0.15, 0.2) is 18.2 Å². The van der Waals surface area contributed by atoms with Crippen molar-refractivity contribution < 1.29 is 19.1 Å². The molecule has 4 nitrogen and oxygen atoms in total. The average molecular weight is 264 g/mol. The Balaban J connectivity index is 2.81. The van der Waals surface area contributed by atoms with Gasteiger partial charge in [0.1, 0.15) is 5.75 Å². The molecule has 0 radical (unpaired) electrons. The molecule has 0 spiro atoms. The standard InChI is InChI=1S/C15H20O4/c1-4-11-10-12(19-5-2)6-7-13(11)14(16)8-9-15(17)18-3/h6-7,10H,4-5,8-9H2,1-3H3. The zero-order valence-corrected chi connectivity index (χ0v) is 11.7. The number of ether oxygens (including phenoxy) is 2. The molecular weight excluding hydrogens is 244 g/mol. The first kappa shape index (κ1) is 15.2. The summed E-state index contributed by atoms with van der Waals surface area (Å²) in [5.41, 5.74) is 1.61. The van der Waals surface area contributed by atoms with Crippen LogP contribution in [0.5, 0.6) is 5.75 Å². The summed E-state index contributed by atoms with van der Waals surface area (Å²) in [5, 5.41) is 0. The van der Waals surface area contributed by atoms with E-state index in [-0.39, 0.29) is 24.6 Å². The number of methoxy groups -OCH3 is 1. The minimum atomic E-state index is -0.364. The van der Waals surface area contributed by atoms with E-state index in [1.165, 1.54) is 7.11 Å². The summed E-state index contributed by atoms with van der Waals surface area (Å²) < 4.78 is 9.95. The summed E-state index contributed by atoms with van der Waals surface area (Å²) in [4.78, 5) is 23.1. The molecule has 0 atom stereocenters. The lowest BCUT2D eigenvalue weighted by Gasteiger charge is -2.10. The molecule has 104 valence electrons. The van der Waals surface area contributed by atoms with Gasteiger partial charge in [-0.25, -0.2) is 0 Å². The van der Waals surface area contributed by atoms with E-state index in [9.17, 15) is 9.59 Å². The summed E-state index contributed by atoms with van der Waals surface area (Å²) in [6, 6.07) is 5.44. The summed E-state index contributed by atoms with van der Waals surface area (Å²) in [7, 11) is 1.32. The van der Waals surface area contributed by atoms with Crippen LogP contribution < -0.4 is 4.74 Å². The molecule has 0 amide bonds. The average Bonchev–Trinajstić information content (AvgIpc) is 2.44. The predicted octanol–water partition coefficient (Wildman–Crippen LogP) is 2.78. The van der Waals surface area contributed by atoms with Crippen LogP contribution in [0.3, 0.4) is 0 Å². The molecule has 0 heterocycles. The second kappa shape index (κ2) is 7.56. The van der Waals surface area contributed by atoms with E-state index in [2.05, 4.69) is 4.74 Å². The van der Waals surface area contributed by atoms with Crippen molar-refractivity contribution in [2.24, 2.45) is 0 Å². The summed E-state index contributed by atoms with van der Waals surface area (Å²) >= 11 is 0. The first-order valence-electron chi connectivity index (χ1n) is 6.48. The SMILES string of the molecule is CCOc1ccc(C(=O)CCC(=O)OC)c(CC)c1. The van der Waals surface area contributed by atoms with Gasteiger partial charge in [-0.05, 0) is 37.1 Å². The number of carbonyl (C=O) groups excluding carboxylic acids is 2. The predicted molar refractivity (Wildman–Crippen MR) is 72.6 cm³/mol. The molecule has 1 aromatic rings. The monoisotopic (exact) mass is 264 g/mol. The molecule has 0 aliphatic rings. The third-order valence-corrected chi connectivity index (χ3v) is 2.85. The van der Waals surface area contributed by atoms with Crippen molar-refractivity contribution in [3.05, 3.63) is 29.3 Å². The minimum absolute atomic E-state index is 0.0368. The smallest absolute Gasteiger partial charge is 0.305 e. The van der Waals surface area contributed by atoms with Crippen molar-refractivity contribution in [3.63, 3.8) is 0 Å². The largest absolute Gasteiger partial charge is 0.494 e. The molecule has 0 saturated carbocycles. The normalized spacial score (nSPS) is 10.1. The second-order valence-corrected chi connectivity index (χ2v) is 4.10. The van der Waals surface area contributed by atoms with Crippen LogP contribution in [0.25, 0.3) is 0 Å². The van der Waals surface area contributed by atoms with Crippen LogP contribution >= 0.6 is 0 Å². The number of hydrogen-bond donors (Lipinski definition) is 0. The Hall–Kier alpha value is -1.84. The van der Waals surface area contributed by atoms with Gasteiger partial charge in [0.25, 0.3) is 0 Å². The maximum absolute atomic E-state index is 12.1. The van der Waals surface area contributed by atoms with E-state index in [4.69, 9.17) is 4.74 Å². The molecular formula is C15H20O4. The highest BCUT2D eigenvalue weighted by molar-refractivity contribution is 5.99. The molecule has 0 N–H and O–H groups in total. The molecule has 0 aromatic heterocycles. The first-order valence-corrected chi connectivity index (χ1v) is 6.48. The van der Waals surface area contributed by atoms with Gasteiger partial charge in [0.05, 0.1) is 20.1 Å². The minimum Gasteiger partial charge on any atom is -0.494 e. The molecule has 0 saturated heterocycles. The highest BCUT2D eigenvalue weighted by Crippen LogP contribution is 2.20. The van der Waals surface area contributed by atoms with Crippen LogP contribution in [-0.2, 0) is 16.0 Å². The number of rotatable bonds is 7. The van der Waals surface area contributed by atoms with Crippen LogP contribution in [0.2, 0.25) is 0 Å². The van der Waals surface area contributed by atoms with Crippen molar-refractivity contribution in [1.29, 1.82) is 0 Å². The van der Waals surface area contributed by atoms with Gasteiger partial charge in [0.2, 0.25) is 0 Å². The molecule has 0 unspecified atom stereocenters. The molecule has 0 aliphatic heterocycles. The lowest BCUT2D eigenvalue weighted by Crippen LogP contribution is -2.08. The van der Waals surface area contributed by atoms with E-state index in [0.29, 0.717) is 12.2 Å². The molecule has 0 fully saturated rings. The Morgan fingerprint density at radius 3 is 2.47 bits per heavy atom. The summed E-state index contributed by atoms with van der Waals surface area (Å²) in [6.45, 7) is 4.50. The van der Waals surface area contributed by atoms with Gasteiger partial charge in [-0.2, -0.15) is 0 Å². The van der Waals surface area contributed by atoms with Gasteiger partial charge in [0.15, 0.2) is 5.78 Å². The molecule has 1 rings (SSSR count). The van der Waals surface area contributed by atoms with Gasteiger partial charge in [-0.3, -0.25) is 9.59 Å². The fourth-order valence-electron chi connectivity index (χ4n) is 1.84. The third-order valence-electron chi connectivity index (χ3n) is 2.85. The topological polar surface area (TPSA) is 52.6 Å².